The highest BCUT2D eigenvalue weighted by molar-refractivity contribution is 5.31. The standard InChI is InChI=1S/C9H12/c1-7-5-4-6-8(2)9(7)3/h4-6H,1-3H3/i1D3,2D3. The van der Waals surface area contributed by atoms with E-state index in [9.17, 15) is 0 Å². The van der Waals surface area contributed by atoms with Crippen molar-refractivity contribution in [3.8, 4) is 0 Å². The zero-order valence-corrected chi connectivity index (χ0v) is 5.23. The third-order valence-electron chi connectivity index (χ3n) is 1.33. The van der Waals surface area contributed by atoms with E-state index in [1.807, 2.05) is 0 Å². The molecule has 0 aromatic heterocycles. The quantitative estimate of drug-likeness (QED) is 0.501. The van der Waals surface area contributed by atoms with Crippen LogP contribution in [0.15, 0.2) is 18.2 Å². The molecular formula is C9H12. The van der Waals surface area contributed by atoms with Crippen LogP contribution in [0.1, 0.15) is 24.9 Å². The second kappa shape index (κ2) is 2.22. The van der Waals surface area contributed by atoms with Gasteiger partial charge in [0.1, 0.15) is 0 Å². The molecule has 0 spiro atoms. The SMILES string of the molecule is [2H]C([2H])([2H])c1cccc(C([2H])([2H])[2H])c1C. The molecule has 0 heteroatoms. The second-order valence-corrected chi connectivity index (χ2v) is 1.98. The highest BCUT2D eigenvalue weighted by Gasteiger charge is 1.91. The van der Waals surface area contributed by atoms with Gasteiger partial charge >= 0.3 is 0 Å². The Morgan fingerprint density at radius 2 is 1.78 bits per heavy atom. The van der Waals surface area contributed by atoms with E-state index in [2.05, 4.69) is 0 Å². The molecule has 0 aliphatic rings. The van der Waals surface area contributed by atoms with Gasteiger partial charge in [0.15, 0.2) is 0 Å². The van der Waals surface area contributed by atoms with Crippen molar-refractivity contribution >= 4 is 0 Å². The van der Waals surface area contributed by atoms with Crippen molar-refractivity contribution in [2.75, 3.05) is 0 Å². The molecule has 0 bridgehead atoms. The Morgan fingerprint density at radius 3 is 2.22 bits per heavy atom. The molecule has 0 unspecified atom stereocenters. The first kappa shape index (κ1) is 2.12. The van der Waals surface area contributed by atoms with Crippen molar-refractivity contribution in [2.24, 2.45) is 0 Å². The molecular weight excluding hydrogens is 108 g/mol. The van der Waals surface area contributed by atoms with Crippen molar-refractivity contribution < 1.29 is 8.22 Å². The molecule has 0 nitrogen and oxygen atoms in total. The van der Waals surface area contributed by atoms with Crippen LogP contribution in [-0.4, -0.2) is 0 Å². The summed E-state index contributed by atoms with van der Waals surface area (Å²) < 4.78 is 43.6. The molecule has 0 aliphatic carbocycles. The second-order valence-electron chi connectivity index (χ2n) is 1.98. The molecule has 0 radical (unpaired) electrons. The minimum absolute atomic E-state index is 0.108. The molecule has 0 saturated heterocycles. The van der Waals surface area contributed by atoms with E-state index in [4.69, 9.17) is 8.22 Å². The van der Waals surface area contributed by atoms with Crippen LogP contribution in [0.5, 0.6) is 0 Å². The number of aryl methyl sites for hydroxylation is 2. The molecule has 48 valence electrons. The van der Waals surface area contributed by atoms with Crippen molar-refractivity contribution in [3.05, 3.63) is 34.9 Å². The fourth-order valence-electron chi connectivity index (χ4n) is 0.636. The number of benzene rings is 1. The summed E-state index contributed by atoms with van der Waals surface area (Å²) in [7, 11) is 0. The summed E-state index contributed by atoms with van der Waals surface area (Å²) in [6.45, 7) is -2.99. The summed E-state index contributed by atoms with van der Waals surface area (Å²) in [4.78, 5) is 0. The Balaban J connectivity index is 3.37. The summed E-state index contributed by atoms with van der Waals surface area (Å²) in [6, 6.07) is 4.35. The summed E-state index contributed by atoms with van der Waals surface area (Å²) in [5.41, 5.74) is 0.546. The molecule has 1 aromatic carbocycles. The van der Waals surface area contributed by atoms with Crippen LogP contribution >= 0.6 is 0 Å². The van der Waals surface area contributed by atoms with Crippen LogP contribution in [0.2, 0.25) is 0 Å². The normalized spacial score (nSPS) is 22.3. The largest absolute Gasteiger partial charge is 0.0617 e. The van der Waals surface area contributed by atoms with E-state index < -0.39 is 13.7 Å². The van der Waals surface area contributed by atoms with Gasteiger partial charge in [0.2, 0.25) is 0 Å². The van der Waals surface area contributed by atoms with Crippen LogP contribution in [0, 0.1) is 20.6 Å². The van der Waals surface area contributed by atoms with Gasteiger partial charge in [0.05, 0.1) is 0 Å². The average Bonchev–Trinajstić information content (AvgIpc) is 1.99. The molecule has 9 heavy (non-hydrogen) atoms. The molecule has 1 aromatic rings. The van der Waals surface area contributed by atoms with Gasteiger partial charge in [-0.15, -0.1) is 0 Å². The van der Waals surface area contributed by atoms with Crippen molar-refractivity contribution in [1.29, 1.82) is 0 Å². The van der Waals surface area contributed by atoms with E-state index in [1.54, 1.807) is 0 Å². The Bertz CT molecular complexity index is 328. The lowest BCUT2D eigenvalue weighted by molar-refractivity contribution is 1.27. The third-order valence-corrected chi connectivity index (χ3v) is 1.33. The van der Waals surface area contributed by atoms with Crippen molar-refractivity contribution in [2.45, 2.75) is 20.6 Å². The van der Waals surface area contributed by atoms with Crippen LogP contribution in [-0.2, 0) is 0 Å². The van der Waals surface area contributed by atoms with E-state index in [-0.39, 0.29) is 11.1 Å². The molecule has 0 atom stereocenters. The maximum Gasteiger partial charge on any atom is 0.0280 e. The molecule has 0 aliphatic heterocycles. The monoisotopic (exact) mass is 126 g/mol. The highest BCUT2D eigenvalue weighted by atomic mass is 14.0. The van der Waals surface area contributed by atoms with Crippen LogP contribution < -0.4 is 0 Å². The lowest BCUT2D eigenvalue weighted by Crippen LogP contribution is -1.82. The van der Waals surface area contributed by atoms with Crippen molar-refractivity contribution in [1.82, 2.24) is 0 Å². The fraction of sp³-hybridized carbons (Fsp3) is 0.333. The van der Waals surface area contributed by atoms with Gasteiger partial charge in [-0.1, -0.05) is 18.2 Å². The molecule has 0 heterocycles. The fourth-order valence-corrected chi connectivity index (χ4v) is 0.636. The topological polar surface area (TPSA) is 0 Å². The number of hydrogen-bond donors (Lipinski definition) is 0. The first-order chi connectivity index (χ1) is 6.64. The van der Waals surface area contributed by atoms with E-state index in [1.165, 1.54) is 25.1 Å². The predicted molar refractivity (Wildman–Crippen MR) is 40.7 cm³/mol. The van der Waals surface area contributed by atoms with E-state index >= 15 is 0 Å². The minimum Gasteiger partial charge on any atom is -0.0617 e. The zero-order valence-electron chi connectivity index (χ0n) is 11.2. The maximum absolute atomic E-state index is 7.26. The van der Waals surface area contributed by atoms with E-state index in [0.717, 1.165) is 0 Å². The summed E-state index contributed by atoms with van der Waals surface area (Å²) in [6.07, 6.45) is 0. The van der Waals surface area contributed by atoms with Gasteiger partial charge in [0, 0.05) is 8.22 Å². The summed E-state index contributed by atoms with van der Waals surface area (Å²) >= 11 is 0. The summed E-state index contributed by atoms with van der Waals surface area (Å²) in [5, 5.41) is 0. The lowest BCUT2D eigenvalue weighted by Gasteiger charge is -2.00. The first-order valence-electron chi connectivity index (χ1n) is 5.74. The Morgan fingerprint density at radius 1 is 1.22 bits per heavy atom. The smallest absolute Gasteiger partial charge is 0.0280 e. The van der Waals surface area contributed by atoms with Crippen LogP contribution in [0.4, 0.5) is 0 Å². The Kier molecular flexibility index (Phi) is 0.522. The first-order valence-corrected chi connectivity index (χ1v) is 2.74. The van der Waals surface area contributed by atoms with Gasteiger partial charge in [-0.25, -0.2) is 0 Å². The zero-order chi connectivity index (χ0) is 11.9. The number of hydrogen-bond acceptors (Lipinski definition) is 0. The van der Waals surface area contributed by atoms with Gasteiger partial charge in [-0.05, 0) is 37.3 Å². The lowest BCUT2D eigenvalue weighted by atomic mass is 10.1. The number of rotatable bonds is 0. The van der Waals surface area contributed by atoms with Crippen LogP contribution in [0.25, 0.3) is 0 Å². The van der Waals surface area contributed by atoms with Crippen LogP contribution in [0.3, 0.4) is 0 Å². The minimum atomic E-state index is -2.26. The molecule has 0 N–H and O–H groups in total. The average molecular weight is 126 g/mol. The van der Waals surface area contributed by atoms with Gasteiger partial charge in [0.25, 0.3) is 0 Å². The van der Waals surface area contributed by atoms with Gasteiger partial charge in [-0.3, -0.25) is 0 Å². The molecule has 0 saturated carbocycles. The van der Waals surface area contributed by atoms with Gasteiger partial charge < -0.3 is 0 Å². The summed E-state index contributed by atoms with van der Waals surface area (Å²) in [5.74, 6) is 0. The Hall–Kier alpha value is -0.780. The molecule has 0 fully saturated rings. The van der Waals surface area contributed by atoms with Gasteiger partial charge in [-0.2, -0.15) is 0 Å². The molecule has 1 rings (SSSR count). The maximum atomic E-state index is 7.26. The van der Waals surface area contributed by atoms with Crippen molar-refractivity contribution in [3.63, 3.8) is 0 Å². The van der Waals surface area contributed by atoms with E-state index in [0.29, 0.717) is 5.56 Å². The molecule has 0 amide bonds. The predicted octanol–water partition coefficient (Wildman–Crippen LogP) is 2.61. The Labute approximate surface area is 65.0 Å². The third kappa shape index (κ3) is 1.13. The highest BCUT2D eigenvalue weighted by Crippen LogP contribution is 2.09.